The smallest absolute Gasteiger partial charge is 0.226 e. The molecule has 0 N–H and O–H groups in total. The SMILES string of the molecule is CCN(CC(C)=S(C)(=O)c1ccc(F)cc1)C(=O)C1CC=CCC1. The van der Waals surface area contributed by atoms with Crippen molar-refractivity contribution in [2.24, 2.45) is 5.92 Å². The van der Waals surface area contributed by atoms with Crippen molar-refractivity contribution in [2.75, 3.05) is 19.3 Å². The molecular formula is C19H26FNO2S. The Morgan fingerprint density at radius 3 is 2.50 bits per heavy atom. The molecule has 0 heterocycles. The summed E-state index contributed by atoms with van der Waals surface area (Å²) >= 11 is 0. The molecule has 2 rings (SSSR count). The van der Waals surface area contributed by atoms with Crippen LogP contribution in [0, 0.1) is 11.7 Å². The molecule has 0 aliphatic heterocycles. The summed E-state index contributed by atoms with van der Waals surface area (Å²) in [5.74, 6) is -0.181. The van der Waals surface area contributed by atoms with Crippen molar-refractivity contribution >= 4 is 20.3 Å². The molecule has 1 amide bonds. The summed E-state index contributed by atoms with van der Waals surface area (Å²) in [4.78, 5) is 15.8. The highest BCUT2D eigenvalue weighted by atomic mass is 32.2. The van der Waals surface area contributed by atoms with Crippen LogP contribution < -0.4 is 0 Å². The number of hydrogen-bond acceptors (Lipinski definition) is 2. The number of amides is 1. The van der Waals surface area contributed by atoms with Gasteiger partial charge in [-0.3, -0.25) is 9.00 Å². The summed E-state index contributed by atoms with van der Waals surface area (Å²) in [6, 6.07) is 5.77. The summed E-state index contributed by atoms with van der Waals surface area (Å²) in [5.41, 5.74) is 0. The van der Waals surface area contributed by atoms with E-state index in [1.54, 1.807) is 23.3 Å². The topological polar surface area (TPSA) is 37.4 Å². The summed E-state index contributed by atoms with van der Waals surface area (Å²) in [7, 11) is -2.43. The fourth-order valence-corrected chi connectivity index (χ4v) is 4.37. The minimum Gasteiger partial charge on any atom is -0.338 e. The van der Waals surface area contributed by atoms with Gasteiger partial charge in [0.25, 0.3) is 0 Å². The molecule has 3 nitrogen and oxygen atoms in total. The van der Waals surface area contributed by atoms with Gasteiger partial charge in [-0.2, -0.15) is 0 Å². The number of carbonyl (C=O) groups excluding carboxylic acids is 1. The zero-order valence-electron chi connectivity index (χ0n) is 14.6. The van der Waals surface area contributed by atoms with Crippen molar-refractivity contribution < 1.29 is 13.4 Å². The zero-order chi connectivity index (χ0) is 17.7. The molecule has 1 aromatic rings. The standard InChI is InChI=1S/C19H26FNO2S/c1-4-21(19(22)16-8-6-5-7-9-16)14-15(2)24(3,23)18-12-10-17(20)11-13-18/h5-6,10-13,16H,4,7-9,14H2,1-3H3. The van der Waals surface area contributed by atoms with E-state index in [9.17, 15) is 13.4 Å². The maximum Gasteiger partial charge on any atom is 0.226 e. The van der Waals surface area contributed by atoms with E-state index < -0.39 is 9.52 Å². The van der Waals surface area contributed by atoms with Crippen LogP contribution in [-0.2, 0) is 14.3 Å². The van der Waals surface area contributed by atoms with Gasteiger partial charge in [-0.25, -0.2) is 4.39 Å². The molecule has 1 aromatic carbocycles. The van der Waals surface area contributed by atoms with Crippen molar-refractivity contribution in [3.8, 4) is 0 Å². The molecule has 2 unspecified atom stereocenters. The molecule has 0 saturated heterocycles. The number of rotatable bonds is 5. The van der Waals surface area contributed by atoms with Crippen LogP contribution in [0.25, 0.3) is 0 Å². The van der Waals surface area contributed by atoms with Gasteiger partial charge in [0, 0.05) is 44.5 Å². The fourth-order valence-electron chi connectivity index (χ4n) is 2.91. The van der Waals surface area contributed by atoms with E-state index in [1.165, 1.54) is 12.1 Å². The van der Waals surface area contributed by atoms with E-state index in [4.69, 9.17) is 0 Å². The van der Waals surface area contributed by atoms with E-state index in [2.05, 4.69) is 12.2 Å². The van der Waals surface area contributed by atoms with Gasteiger partial charge in [0.2, 0.25) is 5.91 Å². The van der Waals surface area contributed by atoms with Crippen molar-refractivity contribution in [3.63, 3.8) is 0 Å². The first kappa shape index (κ1) is 18.7. The van der Waals surface area contributed by atoms with Crippen LogP contribution >= 0.6 is 0 Å². The average molecular weight is 351 g/mol. The van der Waals surface area contributed by atoms with Gasteiger partial charge in [-0.15, -0.1) is 0 Å². The molecule has 0 bridgehead atoms. The Balaban J connectivity index is 2.22. The molecule has 2 atom stereocenters. The van der Waals surface area contributed by atoms with E-state index >= 15 is 0 Å². The van der Waals surface area contributed by atoms with Gasteiger partial charge in [0.1, 0.15) is 5.82 Å². The Hall–Kier alpha value is -1.62. The van der Waals surface area contributed by atoms with Crippen LogP contribution in [0.3, 0.4) is 0 Å². The Labute approximate surface area is 144 Å². The Morgan fingerprint density at radius 1 is 1.29 bits per heavy atom. The lowest BCUT2D eigenvalue weighted by Gasteiger charge is -2.28. The monoisotopic (exact) mass is 351 g/mol. The van der Waals surface area contributed by atoms with Gasteiger partial charge < -0.3 is 4.90 Å². The Bertz CT molecular complexity index is 730. The Kier molecular flexibility index (Phi) is 6.21. The van der Waals surface area contributed by atoms with Gasteiger partial charge in [-0.1, -0.05) is 12.2 Å². The van der Waals surface area contributed by atoms with Crippen LogP contribution in [0.4, 0.5) is 4.39 Å². The van der Waals surface area contributed by atoms with Gasteiger partial charge >= 0.3 is 0 Å². The number of nitrogens with zero attached hydrogens (tertiary/aromatic N) is 1. The fraction of sp³-hybridized carbons (Fsp3) is 0.474. The van der Waals surface area contributed by atoms with Crippen LogP contribution in [0.15, 0.2) is 41.3 Å². The molecule has 0 spiro atoms. The third kappa shape index (κ3) is 4.26. The Morgan fingerprint density at radius 2 is 1.96 bits per heavy atom. The average Bonchev–Trinajstić information content (AvgIpc) is 2.60. The minimum absolute atomic E-state index is 0.0291. The molecule has 1 aliphatic rings. The van der Waals surface area contributed by atoms with Gasteiger partial charge in [-0.05, 0) is 57.4 Å². The second-order valence-corrected chi connectivity index (χ2v) is 9.19. The number of halogens is 1. The summed E-state index contributed by atoms with van der Waals surface area (Å²) < 4.78 is 26.2. The summed E-state index contributed by atoms with van der Waals surface area (Å²) in [6.07, 6.45) is 8.45. The number of benzene rings is 1. The molecule has 132 valence electrons. The molecule has 0 saturated carbocycles. The van der Waals surface area contributed by atoms with E-state index in [0.29, 0.717) is 18.0 Å². The first-order valence-electron chi connectivity index (χ1n) is 8.37. The molecule has 0 aromatic heterocycles. The normalized spacial score (nSPS) is 19.6. The molecule has 1 aliphatic carbocycles. The second kappa shape index (κ2) is 7.97. The van der Waals surface area contributed by atoms with Crippen LogP contribution in [0.2, 0.25) is 0 Å². The quantitative estimate of drug-likeness (QED) is 0.601. The molecule has 0 radical (unpaired) electrons. The van der Waals surface area contributed by atoms with Crippen LogP contribution in [-0.4, -0.2) is 39.2 Å². The first-order valence-corrected chi connectivity index (χ1v) is 10.3. The maximum atomic E-state index is 13.1. The highest BCUT2D eigenvalue weighted by Gasteiger charge is 2.24. The highest BCUT2D eigenvalue weighted by molar-refractivity contribution is 8.01. The number of hydrogen-bond donors (Lipinski definition) is 0. The van der Waals surface area contributed by atoms with E-state index in [0.717, 1.165) is 24.1 Å². The lowest BCUT2D eigenvalue weighted by molar-refractivity contribution is -0.134. The summed E-state index contributed by atoms with van der Waals surface area (Å²) in [6.45, 7) is 4.74. The van der Waals surface area contributed by atoms with Crippen molar-refractivity contribution in [1.82, 2.24) is 4.90 Å². The zero-order valence-corrected chi connectivity index (χ0v) is 15.4. The lowest BCUT2D eigenvalue weighted by Crippen LogP contribution is -2.40. The number of allylic oxidation sites excluding steroid dienone is 2. The third-order valence-corrected chi connectivity index (χ3v) is 7.28. The first-order chi connectivity index (χ1) is 11.4. The van der Waals surface area contributed by atoms with Crippen molar-refractivity contribution in [1.29, 1.82) is 0 Å². The van der Waals surface area contributed by atoms with Gasteiger partial charge in [0.15, 0.2) is 0 Å². The summed E-state index contributed by atoms with van der Waals surface area (Å²) in [5, 5.41) is 0. The van der Waals surface area contributed by atoms with E-state index in [-0.39, 0.29) is 17.6 Å². The minimum atomic E-state index is -2.43. The molecule has 24 heavy (non-hydrogen) atoms. The predicted octanol–water partition coefficient (Wildman–Crippen LogP) is 3.50. The van der Waals surface area contributed by atoms with Crippen molar-refractivity contribution in [2.45, 2.75) is 38.0 Å². The maximum absolute atomic E-state index is 13.1. The van der Waals surface area contributed by atoms with Crippen molar-refractivity contribution in [3.05, 3.63) is 42.2 Å². The van der Waals surface area contributed by atoms with Gasteiger partial charge in [0.05, 0.1) is 0 Å². The molecular weight excluding hydrogens is 325 g/mol. The largest absolute Gasteiger partial charge is 0.338 e. The predicted molar refractivity (Wildman–Crippen MR) is 98.1 cm³/mol. The number of carbonyl (C=O) groups is 1. The van der Waals surface area contributed by atoms with Crippen LogP contribution in [0.5, 0.6) is 0 Å². The highest BCUT2D eigenvalue weighted by Crippen LogP contribution is 2.21. The lowest BCUT2D eigenvalue weighted by atomic mass is 9.93. The molecule has 5 heteroatoms. The van der Waals surface area contributed by atoms with Crippen LogP contribution in [0.1, 0.15) is 33.1 Å². The molecule has 0 fully saturated rings. The van der Waals surface area contributed by atoms with E-state index in [1.807, 2.05) is 13.8 Å². The second-order valence-electron chi connectivity index (χ2n) is 6.33. The third-order valence-electron chi connectivity index (χ3n) is 4.65.